The van der Waals surface area contributed by atoms with Crippen molar-refractivity contribution in [1.29, 1.82) is 0 Å². The van der Waals surface area contributed by atoms with Crippen LogP contribution in [0.4, 0.5) is 0 Å². The number of carbonyl (C=O) groups is 1. The summed E-state index contributed by atoms with van der Waals surface area (Å²) >= 11 is 1.20. The first-order valence-corrected chi connectivity index (χ1v) is 12.8. The van der Waals surface area contributed by atoms with Crippen molar-refractivity contribution in [3.63, 3.8) is 0 Å². The van der Waals surface area contributed by atoms with Gasteiger partial charge >= 0.3 is 0 Å². The third kappa shape index (κ3) is 5.15. The molecule has 0 aliphatic carbocycles. The van der Waals surface area contributed by atoms with E-state index in [-0.39, 0.29) is 29.1 Å². The number of methoxy groups -OCH3 is 2. The molecule has 9 nitrogen and oxygen atoms in total. The maximum Gasteiger partial charge on any atom is 0.277 e. The van der Waals surface area contributed by atoms with Gasteiger partial charge in [0.25, 0.3) is 5.22 Å². The molecule has 1 amide bonds. The third-order valence-electron chi connectivity index (χ3n) is 5.63. The Morgan fingerprint density at radius 3 is 2.65 bits per heavy atom. The summed E-state index contributed by atoms with van der Waals surface area (Å²) in [6, 6.07) is 3.90. The molecule has 2 aliphatic heterocycles. The van der Waals surface area contributed by atoms with Crippen LogP contribution in [0.1, 0.15) is 23.4 Å². The molecule has 0 radical (unpaired) electrons. The Kier molecular flexibility index (Phi) is 6.42. The van der Waals surface area contributed by atoms with Crippen LogP contribution >= 0.6 is 11.8 Å². The molecule has 2 aromatic rings. The largest absolute Gasteiger partial charge is 0.493 e. The van der Waals surface area contributed by atoms with Crippen LogP contribution in [0.5, 0.6) is 11.5 Å². The summed E-state index contributed by atoms with van der Waals surface area (Å²) in [6.45, 7) is 1.15. The van der Waals surface area contributed by atoms with E-state index in [0.29, 0.717) is 48.5 Å². The van der Waals surface area contributed by atoms with Gasteiger partial charge in [0.2, 0.25) is 11.8 Å². The molecule has 11 heteroatoms. The van der Waals surface area contributed by atoms with E-state index in [2.05, 4.69) is 10.2 Å². The van der Waals surface area contributed by atoms with E-state index < -0.39 is 9.84 Å². The Balaban J connectivity index is 1.31. The number of aromatic nitrogens is 2. The van der Waals surface area contributed by atoms with Gasteiger partial charge in [-0.1, -0.05) is 11.8 Å². The average Bonchev–Trinajstić information content (AvgIpc) is 3.35. The van der Waals surface area contributed by atoms with Gasteiger partial charge in [0, 0.05) is 19.5 Å². The quantitative estimate of drug-likeness (QED) is 0.562. The van der Waals surface area contributed by atoms with Crippen LogP contribution in [0.25, 0.3) is 0 Å². The number of fused-ring (bicyclic) bond motifs is 1. The van der Waals surface area contributed by atoms with Crippen molar-refractivity contribution in [2.45, 2.75) is 31.0 Å². The van der Waals surface area contributed by atoms with Crippen LogP contribution < -0.4 is 9.47 Å². The second-order valence-corrected chi connectivity index (χ2v) is 10.9. The Morgan fingerprint density at radius 2 is 1.97 bits per heavy atom. The van der Waals surface area contributed by atoms with Crippen LogP contribution in [-0.4, -0.2) is 67.4 Å². The molecular weight excluding hydrogens is 442 g/mol. The van der Waals surface area contributed by atoms with E-state index in [1.807, 2.05) is 17.0 Å². The Morgan fingerprint density at radius 1 is 1.23 bits per heavy atom. The van der Waals surface area contributed by atoms with Crippen LogP contribution in [-0.2, 0) is 34.0 Å². The number of amides is 1. The smallest absolute Gasteiger partial charge is 0.277 e. The van der Waals surface area contributed by atoms with Crippen molar-refractivity contribution < 1.29 is 27.1 Å². The maximum atomic E-state index is 12.7. The molecule has 4 rings (SSSR count). The molecule has 31 heavy (non-hydrogen) atoms. The van der Waals surface area contributed by atoms with E-state index in [0.717, 1.165) is 17.5 Å². The van der Waals surface area contributed by atoms with Crippen molar-refractivity contribution in [2.75, 3.05) is 38.0 Å². The number of hydrogen-bond acceptors (Lipinski definition) is 9. The number of nitrogens with zero attached hydrogens (tertiary/aromatic N) is 3. The molecule has 0 N–H and O–H groups in total. The highest BCUT2D eigenvalue weighted by Gasteiger charge is 2.29. The standard InChI is InChI=1S/C20H25N3O6S2/c1-27-16-8-14-3-5-23(10-15(14)9-17(16)28-2)19(24)11-30-20-22-21-18(29-20)7-13-4-6-31(25,26)12-13/h8-9,13H,3-7,10-12H2,1-2H3/t13-/m0/s1. The highest BCUT2D eigenvalue weighted by molar-refractivity contribution is 7.99. The summed E-state index contributed by atoms with van der Waals surface area (Å²) in [5.74, 6) is 2.37. The van der Waals surface area contributed by atoms with Gasteiger partial charge in [-0.3, -0.25) is 4.79 Å². The van der Waals surface area contributed by atoms with Gasteiger partial charge in [0.15, 0.2) is 21.3 Å². The number of thioether (sulfide) groups is 1. The lowest BCUT2D eigenvalue weighted by atomic mass is 9.99. The van der Waals surface area contributed by atoms with Crippen molar-refractivity contribution in [2.24, 2.45) is 5.92 Å². The van der Waals surface area contributed by atoms with Crippen LogP contribution in [0, 0.1) is 5.92 Å². The summed E-state index contributed by atoms with van der Waals surface area (Å²) < 4.78 is 39.5. The first-order chi connectivity index (χ1) is 14.9. The lowest BCUT2D eigenvalue weighted by Crippen LogP contribution is -2.37. The van der Waals surface area contributed by atoms with Crippen LogP contribution in [0.3, 0.4) is 0 Å². The highest BCUT2D eigenvalue weighted by atomic mass is 32.2. The summed E-state index contributed by atoms with van der Waals surface area (Å²) in [5, 5.41) is 8.31. The molecule has 2 aliphatic rings. The summed E-state index contributed by atoms with van der Waals surface area (Å²) in [4.78, 5) is 14.5. The monoisotopic (exact) mass is 467 g/mol. The number of hydrogen-bond donors (Lipinski definition) is 0. The molecule has 0 bridgehead atoms. The lowest BCUT2D eigenvalue weighted by Gasteiger charge is -2.29. The zero-order valence-corrected chi connectivity index (χ0v) is 19.1. The number of ether oxygens (including phenoxy) is 2. The van der Waals surface area contributed by atoms with Crippen molar-refractivity contribution in [3.8, 4) is 11.5 Å². The molecule has 3 heterocycles. The first kappa shape index (κ1) is 21.9. The Bertz CT molecular complexity index is 1070. The van der Waals surface area contributed by atoms with Gasteiger partial charge < -0.3 is 18.8 Å². The highest BCUT2D eigenvalue weighted by Crippen LogP contribution is 2.33. The molecule has 1 aromatic heterocycles. The second kappa shape index (κ2) is 9.07. The van der Waals surface area contributed by atoms with Gasteiger partial charge in [-0.05, 0) is 42.0 Å². The summed E-state index contributed by atoms with van der Waals surface area (Å²) in [7, 11) is 0.272. The fourth-order valence-electron chi connectivity index (χ4n) is 3.97. The average molecular weight is 468 g/mol. The predicted octanol–water partition coefficient (Wildman–Crippen LogP) is 1.74. The maximum absolute atomic E-state index is 12.7. The molecule has 1 saturated heterocycles. The number of rotatable bonds is 7. The van der Waals surface area contributed by atoms with Crippen LogP contribution in [0.15, 0.2) is 21.8 Å². The molecular formula is C20H25N3O6S2. The fraction of sp³-hybridized carbons (Fsp3) is 0.550. The van der Waals surface area contributed by atoms with Crippen molar-refractivity contribution >= 4 is 27.5 Å². The first-order valence-electron chi connectivity index (χ1n) is 10.0. The fourth-order valence-corrected chi connectivity index (χ4v) is 6.51. The van der Waals surface area contributed by atoms with E-state index >= 15 is 0 Å². The van der Waals surface area contributed by atoms with E-state index in [1.54, 1.807) is 14.2 Å². The number of sulfone groups is 1. The van der Waals surface area contributed by atoms with Gasteiger partial charge in [0.1, 0.15) is 0 Å². The molecule has 168 valence electrons. The molecule has 1 atom stereocenters. The van der Waals surface area contributed by atoms with Gasteiger partial charge in [-0.15, -0.1) is 10.2 Å². The van der Waals surface area contributed by atoms with E-state index in [9.17, 15) is 13.2 Å². The zero-order chi connectivity index (χ0) is 22.0. The SMILES string of the molecule is COc1cc2c(cc1OC)CN(C(=O)CSc1nnc(C[C@@H]3CCS(=O)(=O)C3)o1)CC2. The molecule has 0 saturated carbocycles. The van der Waals surface area contributed by atoms with Gasteiger partial charge in [0.05, 0.1) is 31.5 Å². The normalized spacial score (nSPS) is 19.8. The summed E-state index contributed by atoms with van der Waals surface area (Å²) in [5.41, 5.74) is 2.21. The molecule has 0 spiro atoms. The van der Waals surface area contributed by atoms with Crippen LogP contribution in [0.2, 0.25) is 0 Å². The minimum atomic E-state index is -2.93. The van der Waals surface area contributed by atoms with E-state index in [4.69, 9.17) is 13.9 Å². The molecule has 1 fully saturated rings. The number of benzene rings is 1. The van der Waals surface area contributed by atoms with Crippen molar-refractivity contribution in [1.82, 2.24) is 15.1 Å². The second-order valence-electron chi connectivity index (χ2n) is 7.76. The Labute approximate surface area is 185 Å². The Hall–Kier alpha value is -2.27. The minimum absolute atomic E-state index is 0.00734. The number of carbonyl (C=O) groups excluding carboxylic acids is 1. The lowest BCUT2D eigenvalue weighted by molar-refractivity contribution is -0.129. The third-order valence-corrected chi connectivity index (χ3v) is 8.27. The predicted molar refractivity (Wildman–Crippen MR) is 114 cm³/mol. The topological polar surface area (TPSA) is 112 Å². The van der Waals surface area contributed by atoms with Crippen molar-refractivity contribution in [3.05, 3.63) is 29.2 Å². The van der Waals surface area contributed by atoms with E-state index in [1.165, 1.54) is 11.8 Å². The van der Waals surface area contributed by atoms with Gasteiger partial charge in [-0.25, -0.2) is 8.42 Å². The molecule has 1 aromatic carbocycles. The summed E-state index contributed by atoms with van der Waals surface area (Å²) in [6.07, 6.45) is 1.83. The zero-order valence-electron chi connectivity index (χ0n) is 17.5. The van der Waals surface area contributed by atoms with Gasteiger partial charge in [-0.2, -0.15) is 0 Å². The minimum Gasteiger partial charge on any atom is -0.493 e. The molecule has 0 unspecified atom stereocenters.